The van der Waals surface area contributed by atoms with Crippen LogP contribution in [0.3, 0.4) is 0 Å². The van der Waals surface area contributed by atoms with Gasteiger partial charge in [0.05, 0.1) is 39.6 Å². The molecule has 21 heavy (non-hydrogen) atoms. The minimum atomic E-state index is 0.458. The van der Waals surface area contributed by atoms with Crippen molar-refractivity contribution in [1.29, 1.82) is 0 Å². The van der Waals surface area contributed by atoms with Crippen LogP contribution in [0.25, 0.3) is 0 Å². The van der Waals surface area contributed by atoms with Crippen LogP contribution in [0.1, 0.15) is 10.4 Å². The maximum absolute atomic E-state index is 10.5. The quantitative estimate of drug-likeness (QED) is 0.430. The average Bonchev–Trinajstić information content (AvgIpc) is 2.53. The molecule has 0 fully saturated rings. The van der Waals surface area contributed by atoms with E-state index in [0.717, 1.165) is 12.0 Å². The van der Waals surface area contributed by atoms with Gasteiger partial charge in [0.1, 0.15) is 18.6 Å². The molecule has 1 aromatic carbocycles. The number of hydrogen-bond acceptors (Lipinski definition) is 6. The van der Waals surface area contributed by atoms with E-state index in [1.165, 1.54) is 0 Å². The minimum absolute atomic E-state index is 0.458. The Morgan fingerprint density at radius 1 is 0.810 bits per heavy atom. The molecule has 0 aliphatic carbocycles. The van der Waals surface area contributed by atoms with Crippen molar-refractivity contribution >= 4 is 6.29 Å². The van der Waals surface area contributed by atoms with Gasteiger partial charge in [-0.05, 0) is 24.3 Å². The maximum Gasteiger partial charge on any atom is 0.150 e. The first-order valence-corrected chi connectivity index (χ1v) is 6.98. The fourth-order valence-electron chi connectivity index (χ4n) is 1.49. The lowest BCUT2D eigenvalue weighted by molar-refractivity contribution is 0.0106. The summed E-state index contributed by atoms with van der Waals surface area (Å²) in [6, 6.07) is 6.94. The second-order valence-corrected chi connectivity index (χ2v) is 4.16. The Hall–Kier alpha value is -1.47. The van der Waals surface area contributed by atoms with E-state index in [1.807, 2.05) is 0 Å². The third-order valence-corrected chi connectivity index (χ3v) is 2.52. The van der Waals surface area contributed by atoms with Crippen molar-refractivity contribution in [3.05, 3.63) is 29.8 Å². The van der Waals surface area contributed by atoms with Crippen LogP contribution in [-0.4, -0.2) is 59.1 Å². The fraction of sp³-hybridized carbons (Fsp3) is 0.533. The zero-order chi connectivity index (χ0) is 15.2. The van der Waals surface area contributed by atoms with Gasteiger partial charge in [0.25, 0.3) is 0 Å². The van der Waals surface area contributed by atoms with Crippen LogP contribution in [0.5, 0.6) is 5.75 Å². The number of nitrogens with two attached hydrogens (primary N) is 1. The van der Waals surface area contributed by atoms with Crippen LogP contribution in [-0.2, 0) is 14.2 Å². The second-order valence-electron chi connectivity index (χ2n) is 4.16. The van der Waals surface area contributed by atoms with Crippen LogP contribution < -0.4 is 10.5 Å². The fourth-order valence-corrected chi connectivity index (χ4v) is 1.49. The van der Waals surface area contributed by atoms with Crippen molar-refractivity contribution in [2.24, 2.45) is 5.73 Å². The predicted molar refractivity (Wildman–Crippen MR) is 78.8 cm³/mol. The molecule has 0 unspecified atom stereocenters. The molecule has 0 heterocycles. The number of carbonyl (C=O) groups is 1. The zero-order valence-corrected chi connectivity index (χ0v) is 12.2. The van der Waals surface area contributed by atoms with Gasteiger partial charge >= 0.3 is 0 Å². The Balaban J connectivity index is 1.89. The molecule has 2 N–H and O–H groups in total. The van der Waals surface area contributed by atoms with Gasteiger partial charge < -0.3 is 24.7 Å². The molecule has 1 rings (SSSR count). The molecule has 0 saturated carbocycles. The molecule has 0 bridgehead atoms. The van der Waals surface area contributed by atoms with Crippen molar-refractivity contribution < 1.29 is 23.7 Å². The monoisotopic (exact) mass is 297 g/mol. The average molecular weight is 297 g/mol. The smallest absolute Gasteiger partial charge is 0.150 e. The van der Waals surface area contributed by atoms with Crippen molar-refractivity contribution in [1.82, 2.24) is 0 Å². The first kappa shape index (κ1) is 17.6. The van der Waals surface area contributed by atoms with Gasteiger partial charge in [-0.25, -0.2) is 0 Å². The van der Waals surface area contributed by atoms with E-state index in [4.69, 9.17) is 24.7 Å². The highest BCUT2D eigenvalue weighted by Crippen LogP contribution is 2.10. The van der Waals surface area contributed by atoms with E-state index in [0.29, 0.717) is 58.4 Å². The third-order valence-electron chi connectivity index (χ3n) is 2.52. The Kier molecular flexibility index (Phi) is 10.3. The standard InChI is InChI=1S/C15H23NO5/c16-5-6-18-7-8-19-9-10-20-11-12-21-15-3-1-14(13-17)2-4-15/h1-4,13H,5-12,16H2. The van der Waals surface area contributed by atoms with E-state index in [2.05, 4.69) is 0 Å². The van der Waals surface area contributed by atoms with Gasteiger partial charge in [-0.15, -0.1) is 0 Å². The molecule has 0 aliphatic heterocycles. The van der Waals surface area contributed by atoms with Gasteiger partial charge in [-0.3, -0.25) is 4.79 Å². The van der Waals surface area contributed by atoms with E-state index in [9.17, 15) is 4.79 Å². The van der Waals surface area contributed by atoms with Gasteiger partial charge in [0.15, 0.2) is 0 Å². The summed E-state index contributed by atoms with van der Waals surface area (Å²) >= 11 is 0. The highest BCUT2D eigenvalue weighted by molar-refractivity contribution is 5.74. The molecular weight excluding hydrogens is 274 g/mol. The molecule has 118 valence electrons. The molecule has 0 saturated heterocycles. The molecule has 0 aliphatic rings. The number of ether oxygens (including phenoxy) is 4. The first-order valence-electron chi connectivity index (χ1n) is 6.98. The topological polar surface area (TPSA) is 80.0 Å². The van der Waals surface area contributed by atoms with E-state index in [-0.39, 0.29) is 0 Å². The maximum atomic E-state index is 10.5. The van der Waals surface area contributed by atoms with Gasteiger partial charge in [-0.2, -0.15) is 0 Å². The summed E-state index contributed by atoms with van der Waals surface area (Å²) in [6.07, 6.45) is 0.800. The van der Waals surface area contributed by atoms with Crippen molar-refractivity contribution in [2.45, 2.75) is 0 Å². The van der Waals surface area contributed by atoms with Crippen molar-refractivity contribution in [3.8, 4) is 5.75 Å². The number of benzene rings is 1. The van der Waals surface area contributed by atoms with Gasteiger partial charge in [-0.1, -0.05) is 0 Å². The zero-order valence-electron chi connectivity index (χ0n) is 12.2. The number of carbonyl (C=O) groups excluding carboxylic acids is 1. The molecule has 6 heteroatoms. The molecular formula is C15H23NO5. The van der Waals surface area contributed by atoms with Gasteiger partial charge in [0, 0.05) is 12.1 Å². The Bertz CT molecular complexity index is 369. The Labute approximate surface area is 125 Å². The Morgan fingerprint density at radius 2 is 1.33 bits per heavy atom. The van der Waals surface area contributed by atoms with Crippen LogP contribution in [0.4, 0.5) is 0 Å². The number of rotatable bonds is 13. The molecule has 6 nitrogen and oxygen atoms in total. The second kappa shape index (κ2) is 12.3. The first-order chi connectivity index (χ1) is 10.4. The Morgan fingerprint density at radius 3 is 1.86 bits per heavy atom. The van der Waals surface area contributed by atoms with Crippen LogP contribution >= 0.6 is 0 Å². The number of aldehydes is 1. The summed E-state index contributed by atoms with van der Waals surface area (Å²) in [7, 11) is 0. The van der Waals surface area contributed by atoms with E-state index < -0.39 is 0 Å². The highest BCUT2D eigenvalue weighted by Gasteiger charge is 1.95. The molecule has 0 amide bonds. The summed E-state index contributed by atoms with van der Waals surface area (Å²) in [5.74, 6) is 0.720. The lowest BCUT2D eigenvalue weighted by Gasteiger charge is -2.08. The minimum Gasteiger partial charge on any atom is -0.491 e. The summed E-state index contributed by atoms with van der Waals surface area (Å²) in [6.45, 7) is 4.18. The van der Waals surface area contributed by atoms with E-state index >= 15 is 0 Å². The van der Waals surface area contributed by atoms with Crippen molar-refractivity contribution in [3.63, 3.8) is 0 Å². The van der Waals surface area contributed by atoms with Crippen molar-refractivity contribution in [2.75, 3.05) is 52.8 Å². The summed E-state index contributed by atoms with van der Waals surface area (Å²) in [5, 5.41) is 0. The predicted octanol–water partition coefficient (Wildman–Crippen LogP) is 0.886. The molecule has 0 radical (unpaired) electrons. The van der Waals surface area contributed by atoms with Crippen LogP contribution in [0.2, 0.25) is 0 Å². The summed E-state index contributed by atoms with van der Waals surface area (Å²) in [5.41, 5.74) is 5.91. The highest BCUT2D eigenvalue weighted by atomic mass is 16.6. The third kappa shape index (κ3) is 9.14. The van der Waals surface area contributed by atoms with Crippen LogP contribution in [0.15, 0.2) is 24.3 Å². The lowest BCUT2D eigenvalue weighted by atomic mass is 10.2. The largest absolute Gasteiger partial charge is 0.491 e. The normalized spacial score (nSPS) is 10.5. The molecule has 0 atom stereocenters. The molecule has 1 aromatic rings. The number of hydrogen-bond donors (Lipinski definition) is 1. The summed E-state index contributed by atoms with van der Waals surface area (Å²) in [4.78, 5) is 10.5. The summed E-state index contributed by atoms with van der Waals surface area (Å²) < 4.78 is 21.3. The molecule has 0 aromatic heterocycles. The van der Waals surface area contributed by atoms with Gasteiger partial charge in [0.2, 0.25) is 0 Å². The molecule has 0 spiro atoms. The van der Waals surface area contributed by atoms with E-state index in [1.54, 1.807) is 24.3 Å². The SMILES string of the molecule is NCCOCCOCCOCCOc1ccc(C=O)cc1. The lowest BCUT2D eigenvalue weighted by Crippen LogP contribution is -2.14. The van der Waals surface area contributed by atoms with Crippen LogP contribution in [0, 0.1) is 0 Å².